The molecule has 1 heterocycles. The summed E-state index contributed by atoms with van der Waals surface area (Å²) >= 11 is 6.97. The van der Waals surface area contributed by atoms with Crippen molar-refractivity contribution in [2.45, 2.75) is 26.7 Å². The van der Waals surface area contributed by atoms with Crippen LogP contribution in [0.1, 0.15) is 46.8 Å². The summed E-state index contributed by atoms with van der Waals surface area (Å²) in [5.41, 5.74) is 2.71. The highest BCUT2D eigenvalue weighted by Crippen LogP contribution is 2.38. The molecule has 0 aromatic heterocycles. The molecule has 1 saturated heterocycles. The molecule has 1 aliphatic rings. The Morgan fingerprint density at radius 1 is 1.05 bits per heavy atom. The van der Waals surface area contributed by atoms with Crippen LogP contribution in [0.4, 0.5) is 4.79 Å². The van der Waals surface area contributed by atoms with Crippen LogP contribution >= 0.6 is 23.4 Å². The molecule has 202 valence electrons. The number of carbonyl (C=O) groups is 3. The Morgan fingerprint density at radius 3 is 2.54 bits per heavy atom. The summed E-state index contributed by atoms with van der Waals surface area (Å²) in [6, 6.07) is 17.5. The van der Waals surface area contributed by atoms with Crippen molar-refractivity contribution < 1.29 is 28.6 Å². The van der Waals surface area contributed by atoms with E-state index in [-0.39, 0.29) is 46.1 Å². The number of halogens is 1. The van der Waals surface area contributed by atoms with Crippen LogP contribution in [0.15, 0.2) is 65.6 Å². The van der Waals surface area contributed by atoms with Gasteiger partial charge in [-0.15, -0.1) is 0 Å². The molecule has 0 aliphatic carbocycles. The molecule has 2 amide bonds. The van der Waals surface area contributed by atoms with E-state index >= 15 is 0 Å². The number of methoxy groups -OCH3 is 1. The van der Waals surface area contributed by atoms with Gasteiger partial charge in [0.25, 0.3) is 11.1 Å². The zero-order valence-electron chi connectivity index (χ0n) is 22.0. The SMILES string of the molecule is COc1cccc(/C=C2\SC(=O)N(CCOc3cc(C)ccc3C(C)C)C2=O)c1OC(=O)c1ccccc1Cl. The minimum absolute atomic E-state index is 0.0972. The van der Waals surface area contributed by atoms with Gasteiger partial charge in [-0.3, -0.25) is 14.5 Å². The second kappa shape index (κ2) is 12.4. The van der Waals surface area contributed by atoms with E-state index in [4.69, 9.17) is 25.8 Å². The number of esters is 1. The third-order valence-corrected chi connectivity index (χ3v) is 7.28. The van der Waals surface area contributed by atoms with Gasteiger partial charge in [0.15, 0.2) is 11.5 Å². The van der Waals surface area contributed by atoms with Crippen molar-refractivity contribution in [3.8, 4) is 17.2 Å². The molecule has 0 radical (unpaired) electrons. The Bertz CT molecular complexity index is 1450. The summed E-state index contributed by atoms with van der Waals surface area (Å²) < 4.78 is 17.0. The Hall–Kier alpha value is -3.75. The minimum atomic E-state index is -0.679. The molecule has 1 fully saturated rings. The predicted octanol–water partition coefficient (Wildman–Crippen LogP) is 7.11. The van der Waals surface area contributed by atoms with E-state index < -0.39 is 17.1 Å². The maximum absolute atomic E-state index is 13.2. The Kier molecular flexibility index (Phi) is 8.99. The molecular weight excluding hydrogens is 538 g/mol. The van der Waals surface area contributed by atoms with E-state index in [1.54, 1.807) is 42.5 Å². The standard InChI is InChI=1S/C30H28ClNO6S/c1-18(2)21-13-12-19(3)16-25(21)37-15-14-32-28(33)26(39-30(32)35)17-20-8-7-11-24(36-4)27(20)38-29(34)22-9-5-6-10-23(22)31/h5-13,16-18H,14-15H2,1-4H3/b26-17-. The first-order valence-electron chi connectivity index (χ1n) is 12.3. The Labute approximate surface area is 236 Å². The van der Waals surface area contributed by atoms with Crippen LogP contribution in [-0.4, -0.2) is 42.3 Å². The van der Waals surface area contributed by atoms with Crippen LogP contribution in [0.25, 0.3) is 6.08 Å². The monoisotopic (exact) mass is 565 g/mol. The van der Waals surface area contributed by atoms with Crippen molar-refractivity contribution in [1.82, 2.24) is 4.90 Å². The number of nitrogens with zero attached hydrogens (tertiary/aromatic N) is 1. The number of benzene rings is 3. The first kappa shape index (κ1) is 28.3. The fraction of sp³-hybridized carbons (Fsp3) is 0.233. The van der Waals surface area contributed by atoms with Crippen LogP contribution in [0.5, 0.6) is 17.2 Å². The quantitative estimate of drug-likeness (QED) is 0.155. The van der Waals surface area contributed by atoms with Gasteiger partial charge in [0.05, 0.1) is 29.1 Å². The van der Waals surface area contributed by atoms with Crippen molar-refractivity contribution in [2.75, 3.05) is 20.3 Å². The molecule has 9 heteroatoms. The van der Waals surface area contributed by atoms with Crippen molar-refractivity contribution in [1.29, 1.82) is 0 Å². The number of carbonyl (C=O) groups excluding carboxylic acids is 3. The second-order valence-electron chi connectivity index (χ2n) is 9.13. The summed E-state index contributed by atoms with van der Waals surface area (Å²) in [5.74, 6) is 0.283. The number of rotatable bonds is 9. The van der Waals surface area contributed by atoms with E-state index in [2.05, 4.69) is 13.8 Å². The molecule has 39 heavy (non-hydrogen) atoms. The highest BCUT2D eigenvalue weighted by molar-refractivity contribution is 8.18. The fourth-order valence-corrected chi connectivity index (χ4v) is 5.08. The van der Waals surface area contributed by atoms with Gasteiger partial charge in [0.2, 0.25) is 0 Å². The van der Waals surface area contributed by atoms with Crippen LogP contribution in [0, 0.1) is 6.92 Å². The number of amides is 2. The number of hydrogen-bond donors (Lipinski definition) is 0. The molecule has 0 N–H and O–H groups in total. The van der Waals surface area contributed by atoms with Crippen LogP contribution < -0.4 is 14.2 Å². The third kappa shape index (κ3) is 6.46. The molecule has 4 rings (SSSR count). The van der Waals surface area contributed by atoms with E-state index in [1.165, 1.54) is 13.2 Å². The van der Waals surface area contributed by atoms with Crippen LogP contribution in [0.3, 0.4) is 0 Å². The van der Waals surface area contributed by atoms with E-state index in [9.17, 15) is 14.4 Å². The molecule has 7 nitrogen and oxygen atoms in total. The van der Waals surface area contributed by atoms with Crippen molar-refractivity contribution >= 4 is 46.6 Å². The summed E-state index contributed by atoms with van der Waals surface area (Å²) in [4.78, 5) is 40.1. The summed E-state index contributed by atoms with van der Waals surface area (Å²) in [6.45, 7) is 6.40. The predicted molar refractivity (Wildman–Crippen MR) is 153 cm³/mol. The van der Waals surface area contributed by atoms with Gasteiger partial charge in [-0.05, 0) is 66.1 Å². The smallest absolute Gasteiger partial charge is 0.345 e. The summed E-state index contributed by atoms with van der Waals surface area (Å²) in [5, 5.41) is -0.158. The van der Waals surface area contributed by atoms with Crippen molar-refractivity contribution in [2.24, 2.45) is 0 Å². The molecule has 0 bridgehead atoms. The lowest BCUT2D eigenvalue weighted by atomic mass is 10.0. The number of para-hydroxylation sites is 1. The average molecular weight is 566 g/mol. The van der Waals surface area contributed by atoms with Crippen LogP contribution in [-0.2, 0) is 4.79 Å². The first-order valence-corrected chi connectivity index (χ1v) is 13.5. The van der Waals surface area contributed by atoms with E-state index in [1.807, 2.05) is 25.1 Å². The number of hydrogen-bond acceptors (Lipinski definition) is 7. The first-order chi connectivity index (χ1) is 18.7. The molecule has 3 aromatic carbocycles. The fourth-order valence-electron chi connectivity index (χ4n) is 4.02. The zero-order valence-corrected chi connectivity index (χ0v) is 23.6. The Balaban J connectivity index is 1.52. The van der Waals surface area contributed by atoms with Gasteiger partial charge in [0, 0.05) is 5.56 Å². The maximum Gasteiger partial charge on any atom is 0.345 e. The maximum atomic E-state index is 13.2. The summed E-state index contributed by atoms with van der Waals surface area (Å²) in [6.07, 6.45) is 1.51. The minimum Gasteiger partial charge on any atom is -0.493 e. The zero-order chi connectivity index (χ0) is 28.1. The normalized spacial score (nSPS) is 14.3. The van der Waals surface area contributed by atoms with Gasteiger partial charge in [-0.1, -0.05) is 61.8 Å². The van der Waals surface area contributed by atoms with Crippen molar-refractivity contribution in [3.63, 3.8) is 0 Å². The van der Waals surface area contributed by atoms with Gasteiger partial charge in [-0.2, -0.15) is 0 Å². The van der Waals surface area contributed by atoms with Crippen molar-refractivity contribution in [3.05, 3.63) is 92.8 Å². The number of imide groups is 1. The van der Waals surface area contributed by atoms with E-state index in [0.29, 0.717) is 5.56 Å². The lowest BCUT2D eigenvalue weighted by molar-refractivity contribution is -0.123. The average Bonchev–Trinajstić information content (AvgIpc) is 3.17. The van der Waals surface area contributed by atoms with Gasteiger partial charge < -0.3 is 14.2 Å². The molecule has 1 aliphatic heterocycles. The lowest BCUT2D eigenvalue weighted by Crippen LogP contribution is -2.32. The Morgan fingerprint density at radius 2 is 1.82 bits per heavy atom. The number of ether oxygens (including phenoxy) is 3. The third-order valence-electron chi connectivity index (χ3n) is 6.04. The lowest BCUT2D eigenvalue weighted by Gasteiger charge is -2.17. The molecule has 0 atom stereocenters. The van der Waals surface area contributed by atoms with E-state index in [0.717, 1.165) is 33.5 Å². The second-order valence-corrected chi connectivity index (χ2v) is 10.5. The molecule has 0 spiro atoms. The summed E-state index contributed by atoms with van der Waals surface area (Å²) in [7, 11) is 1.44. The van der Waals surface area contributed by atoms with Gasteiger partial charge >= 0.3 is 5.97 Å². The molecule has 3 aromatic rings. The molecular formula is C30H28ClNO6S. The highest BCUT2D eigenvalue weighted by Gasteiger charge is 2.35. The number of thioether (sulfide) groups is 1. The van der Waals surface area contributed by atoms with Crippen LogP contribution in [0.2, 0.25) is 5.02 Å². The molecule has 0 unspecified atom stereocenters. The van der Waals surface area contributed by atoms with Gasteiger partial charge in [-0.25, -0.2) is 4.79 Å². The van der Waals surface area contributed by atoms with Gasteiger partial charge in [0.1, 0.15) is 12.4 Å². The number of aryl methyl sites for hydroxylation is 1. The highest BCUT2D eigenvalue weighted by atomic mass is 35.5. The topological polar surface area (TPSA) is 82.1 Å². The largest absolute Gasteiger partial charge is 0.493 e. The molecule has 0 saturated carbocycles.